The standard InChI is InChI=1S/C6H2BrF2N2.BF4/c7-3-1-6(11-10)5(9)2-4(3)8;2-1(3,4)5/h1-2H;/q+1;-1. The largest absolute Gasteiger partial charge is 0.673 e. The molecule has 0 aliphatic heterocycles. The Morgan fingerprint density at radius 1 is 1.06 bits per heavy atom. The number of benzene rings is 1. The third-order valence-corrected chi connectivity index (χ3v) is 1.71. The highest BCUT2D eigenvalue weighted by Crippen LogP contribution is 2.25. The molecule has 0 aliphatic carbocycles. The monoisotopic (exact) mass is 306 g/mol. The second-order valence-electron chi connectivity index (χ2n) is 2.31. The lowest BCUT2D eigenvalue weighted by Gasteiger charge is -1.94. The third kappa shape index (κ3) is 6.29. The van der Waals surface area contributed by atoms with E-state index in [9.17, 15) is 26.0 Å². The van der Waals surface area contributed by atoms with E-state index in [1.54, 1.807) is 0 Å². The minimum atomic E-state index is -6.00. The lowest BCUT2D eigenvalue weighted by atomic mass is 10.3. The van der Waals surface area contributed by atoms with Gasteiger partial charge in [0.25, 0.3) is 0 Å². The van der Waals surface area contributed by atoms with Gasteiger partial charge in [-0.15, -0.1) is 0 Å². The molecule has 16 heavy (non-hydrogen) atoms. The number of nitrogens with zero attached hydrogens (tertiary/aromatic N) is 2. The van der Waals surface area contributed by atoms with Gasteiger partial charge in [0, 0.05) is 6.07 Å². The summed E-state index contributed by atoms with van der Waals surface area (Å²) in [5.74, 6) is -1.62. The van der Waals surface area contributed by atoms with Crippen LogP contribution in [0.25, 0.3) is 4.98 Å². The topological polar surface area (TPSA) is 28.1 Å². The Morgan fingerprint density at radius 2 is 1.50 bits per heavy atom. The van der Waals surface area contributed by atoms with Crippen LogP contribution >= 0.6 is 15.9 Å². The Kier molecular flexibility index (Phi) is 5.30. The zero-order valence-electron chi connectivity index (χ0n) is 7.27. The molecule has 0 bridgehead atoms. The SMILES string of the molecule is F[B-](F)(F)F.N#[N+]c1cc(Br)c(F)cc1F. The predicted octanol–water partition coefficient (Wildman–Crippen LogP) is 4.51. The van der Waals surface area contributed by atoms with Crippen molar-refractivity contribution in [2.45, 2.75) is 0 Å². The van der Waals surface area contributed by atoms with Crippen molar-refractivity contribution in [1.29, 1.82) is 5.39 Å². The molecule has 2 nitrogen and oxygen atoms in total. The van der Waals surface area contributed by atoms with Crippen molar-refractivity contribution < 1.29 is 26.0 Å². The Morgan fingerprint density at radius 3 is 1.88 bits per heavy atom. The number of rotatable bonds is 0. The van der Waals surface area contributed by atoms with Gasteiger partial charge in [-0.25, -0.2) is 4.39 Å². The van der Waals surface area contributed by atoms with Crippen molar-refractivity contribution in [2.75, 3.05) is 0 Å². The van der Waals surface area contributed by atoms with E-state index in [1.165, 1.54) is 0 Å². The predicted molar refractivity (Wildman–Crippen MR) is 49.0 cm³/mol. The molecule has 0 heterocycles. The normalized spacial score (nSPS) is 10.1. The fourth-order valence-corrected chi connectivity index (χ4v) is 0.920. The van der Waals surface area contributed by atoms with E-state index in [0.717, 1.165) is 6.07 Å². The summed E-state index contributed by atoms with van der Waals surface area (Å²) in [4.78, 5) is 2.60. The van der Waals surface area contributed by atoms with E-state index in [-0.39, 0.29) is 10.2 Å². The summed E-state index contributed by atoms with van der Waals surface area (Å²) in [6.07, 6.45) is 0. The minimum Gasteiger partial charge on any atom is -0.418 e. The molecule has 88 valence electrons. The molecular formula is C6H2BBrF6N2. The second kappa shape index (κ2) is 5.74. The molecule has 0 spiro atoms. The summed E-state index contributed by atoms with van der Waals surface area (Å²) in [6.45, 7) is 0. The fraction of sp³-hybridized carbons (Fsp3) is 0. The summed E-state index contributed by atoms with van der Waals surface area (Å²) in [6, 6.07) is 1.68. The molecule has 0 radical (unpaired) electrons. The molecule has 0 amide bonds. The van der Waals surface area contributed by atoms with Gasteiger partial charge in [-0.3, -0.25) is 0 Å². The summed E-state index contributed by atoms with van der Waals surface area (Å²) >= 11 is 2.81. The molecule has 0 atom stereocenters. The van der Waals surface area contributed by atoms with Crippen molar-refractivity contribution in [3.8, 4) is 0 Å². The van der Waals surface area contributed by atoms with Crippen molar-refractivity contribution in [3.63, 3.8) is 0 Å². The first-order chi connectivity index (χ1) is 7.15. The molecule has 0 fully saturated rings. The summed E-state index contributed by atoms with van der Waals surface area (Å²) < 4.78 is 64.1. The number of halogens is 7. The molecular weight excluding hydrogens is 305 g/mol. The highest BCUT2D eigenvalue weighted by Gasteiger charge is 2.20. The van der Waals surface area contributed by atoms with Gasteiger partial charge >= 0.3 is 12.9 Å². The fourth-order valence-electron chi connectivity index (χ4n) is 0.589. The zero-order valence-corrected chi connectivity index (χ0v) is 8.86. The van der Waals surface area contributed by atoms with E-state index in [2.05, 4.69) is 20.9 Å². The average molecular weight is 307 g/mol. The molecule has 0 aromatic heterocycles. The summed E-state index contributed by atoms with van der Waals surface area (Å²) in [5, 5.41) is 8.18. The van der Waals surface area contributed by atoms with Crippen molar-refractivity contribution in [2.24, 2.45) is 0 Å². The van der Waals surface area contributed by atoms with Crippen molar-refractivity contribution in [3.05, 3.63) is 33.2 Å². The lowest BCUT2D eigenvalue weighted by Crippen LogP contribution is -2.02. The second-order valence-corrected chi connectivity index (χ2v) is 3.17. The molecule has 10 heteroatoms. The molecule has 0 saturated heterocycles. The van der Waals surface area contributed by atoms with Gasteiger partial charge in [0.2, 0.25) is 11.2 Å². The van der Waals surface area contributed by atoms with Gasteiger partial charge in [-0.1, -0.05) is 0 Å². The Hall–Kier alpha value is -1.24. The van der Waals surface area contributed by atoms with Crippen LogP contribution in [0, 0.1) is 17.0 Å². The van der Waals surface area contributed by atoms with Gasteiger partial charge in [0.15, 0.2) is 4.98 Å². The smallest absolute Gasteiger partial charge is 0.418 e. The van der Waals surface area contributed by atoms with Gasteiger partial charge in [0.1, 0.15) is 5.82 Å². The van der Waals surface area contributed by atoms with Crippen LogP contribution in [0.1, 0.15) is 0 Å². The summed E-state index contributed by atoms with van der Waals surface area (Å²) in [5.41, 5.74) is -0.293. The minimum absolute atomic E-state index is 0.0618. The summed E-state index contributed by atoms with van der Waals surface area (Å²) in [7, 11) is -6.00. The van der Waals surface area contributed by atoms with E-state index in [4.69, 9.17) is 5.39 Å². The number of diazo groups is 1. The Labute approximate surface area is 94.1 Å². The van der Waals surface area contributed by atoms with E-state index >= 15 is 0 Å². The molecule has 0 aliphatic rings. The molecule has 0 unspecified atom stereocenters. The van der Waals surface area contributed by atoms with Crippen LogP contribution in [-0.2, 0) is 0 Å². The maximum Gasteiger partial charge on any atom is 0.673 e. The van der Waals surface area contributed by atoms with E-state index in [1.807, 2.05) is 0 Å². The van der Waals surface area contributed by atoms with Gasteiger partial charge in [-0.2, -0.15) is 4.39 Å². The zero-order chi connectivity index (χ0) is 12.9. The van der Waals surface area contributed by atoms with Crippen LogP contribution < -0.4 is 0 Å². The first-order valence-corrected chi connectivity index (χ1v) is 4.31. The first kappa shape index (κ1) is 14.8. The van der Waals surface area contributed by atoms with Crippen LogP contribution in [0.2, 0.25) is 0 Å². The molecule has 1 aromatic carbocycles. The van der Waals surface area contributed by atoms with Gasteiger partial charge < -0.3 is 17.3 Å². The van der Waals surface area contributed by atoms with Gasteiger partial charge in [-0.05, 0) is 15.9 Å². The number of hydrogen-bond acceptors (Lipinski definition) is 1. The molecule has 0 N–H and O–H groups in total. The number of hydrogen-bond donors (Lipinski definition) is 0. The third-order valence-electron chi connectivity index (χ3n) is 1.10. The quantitative estimate of drug-likeness (QED) is 0.300. The molecule has 0 saturated carbocycles. The van der Waals surface area contributed by atoms with Crippen LogP contribution in [-0.4, -0.2) is 7.25 Å². The molecule has 1 aromatic rings. The average Bonchev–Trinajstić information content (AvgIpc) is 2.08. The molecule has 1 rings (SSSR count). The van der Waals surface area contributed by atoms with Crippen LogP contribution in [0.15, 0.2) is 16.6 Å². The first-order valence-electron chi connectivity index (χ1n) is 3.52. The highest BCUT2D eigenvalue weighted by atomic mass is 79.9. The van der Waals surface area contributed by atoms with Crippen LogP contribution in [0.4, 0.5) is 31.7 Å². The Balaban J connectivity index is 0.000000385. The highest BCUT2D eigenvalue weighted by molar-refractivity contribution is 9.10. The van der Waals surface area contributed by atoms with E-state index < -0.39 is 18.9 Å². The van der Waals surface area contributed by atoms with Gasteiger partial charge in [0.05, 0.1) is 10.5 Å². The van der Waals surface area contributed by atoms with Crippen LogP contribution in [0.5, 0.6) is 0 Å². The maximum absolute atomic E-state index is 12.5. The van der Waals surface area contributed by atoms with E-state index in [0.29, 0.717) is 6.07 Å². The maximum atomic E-state index is 12.5. The van der Waals surface area contributed by atoms with Crippen LogP contribution in [0.3, 0.4) is 0 Å². The van der Waals surface area contributed by atoms with Crippen molar-refractivity contribution in [1.82, 2.24) is 0 Å². The van der Waals surface area contributed by atoms with Crippen molar-refractivity contribution >= 4 is 28.9 Å². The Bertz CT molecular complexity index is 409. The lowest BCUT2D eigenvalue weighted by molar-refractivity contribution is 0.368.